The van der Waals surface area contributed by atoms with Gasteiger partial charge in [0.15, 0.2) is 0 Å². The molecule has 27 heavy (non-hydrogen) atoms. The molecule has 0 radical (unpaired) electrons. The van der Waals surface area contributed by atoms with Gasteiger partial charge >= 0.3 is 6.09 Å². The third kappa shape index (κ3) is 5.02. The van der Waals surface area contributed by atoms with Gasteiger partial charge in [-0.1, -0.05) is 24.3 Å². The summed E-state index contributed by atoms with van der Waals surface area (Å²) in [5.41, 5.74) is 2.72. The highest BCUT2D eigenvalue weighted by Crippen LogP contribution is 2.30. The molecule has 5 nitrogen and oxygen atoms in total. The molecule has 3 rings (SSSR count). The van der Waals surface area contributed by atoms with Crippen molar-refractivity contribution in [2.75, 3.05) is 6.54 Å². The number of hydrogen-bond donors (Lipinski definition) is 4. The third-order valence-corrected chi connectivity index (χ3v) is 4.86. The molecule has 0 saturated carbocycles. The van der Waals surface area contributed by atoms with Gasteiger partial charge in [-0.05, 0) is 48.1 Å². The van der Waals surface area contributed by atoms with Crippen molar-refractivity contribution in [3.05, 3.63) is 70.8 Å². The van der Waals surface area contributed by atoms with Crippen molar-refractivity contribution >= 4 is 6.09 Å². The molecule has 0 unspecified atom stereocenters. The number of aliphatic hydroxyl groups is 1. The van der Waals surface area contributed by atoms with E-state index in [-0.39, 0.29) is 24.6 Å². The maximum atomic E-state index is 13.4. The third-order valence-electron chi connectivity index (χ3n) is 4.86. The zero-order valence-electron chi connectivity index (χ0n) is 14.7. The number of carbonyl (C=O) groups is 1. The maximum absolute atomic E-state index is 13.4. The highest BCUT2D eigenvalue weighted by Gasteiger charge is 2.26. The van der Waals surface area contributed by atoms with Crippen molar-refractivity contribution in [3.63, 3.8) is 0 Å². The van der Waals surface area contributed by atoms with E-state index < -0.39 is 29.9 Å². The van der Waals surface area contributed by atoms with Gasteiger partial charge in [-0.3, -0.25) is 0 Å². The van der Waals surface area contributed by atoms with Crippen LogP contribution < -0.4 is 10.6 Å². The maximum Gasteiger partial charge on any atom is 0.404 e. The summed E-state index contributed by atoms with van der Waals surface area (Å²) in [6, 6.07) is 10.3. The summed E-state index contributed by atoms with van der Waals surface area (Å²) in [5, 5.41) is 25.0. The Morgan fingerprint density at radius 3 is 2.59 bits per heavy atom. The quantitative estimate of drug-likeness (QED) is 0.599. The largest absolute Gasteiger partial charge is 0.465 e. The Labute approximate surface area is 156 Å². The van der Waals surface area contributed by atoms with Gasteiger partial charge in [-0.25, -0.2) is 13.6 Å². The van der Waals surface area contributed by atoms with Gasteiger partial charge in [0.05, 0.1) is 12.1 Å². The second-order valence-electron chi connectivity index (χ2n) is 6.80. The monoisotopic (exact) mass is 376 g/mol. The number of amides is 1. The SMILES string of the molecule is O=C(O)N[C@@H](Cc1cc(F)cc(F)c1)[C@@H](O)CN[C@@H]1CCc2ccccc21. The van der Waals surface area contributed by atoms with Gasteiger partial charge in [-0.2, -0.15) is 0 Å². The Morgan fingerprint density at radius 1 is 1.19 bits per heavy atom. The smallest absolute Gasteiger partial charge is 0.404 e. The fourth-order valence-corrected chi connectivity index (χ4v) is 3.60. The van der Waals surface area contributed by atoms with Crippen LogP contribution in [0.3, 0.4) is 0 Å². The lowest BCUT2D eigenvalue weighted by Gasteiger charge is -2.25. The first-order valence-electron chi connectivity index (χ1n) is 8.86. The van der Waals surface area contributed by atoms with Crippen molar-refractivity contribution < 1.29 is 23.8 Å². The first-order chi connectivity index (χ1) is 12.9. The molecule has 1 amide bonds. The van der Waals surface area contributed by atoms with Crippen LogP contribution in [0.5, 0.6) is 0 Å². The van der Waals surface area contributed by atoms with Crippen LogP contribution in [0.2, 0.25) is 0 Å². The Morgan fingerprint density at radius 2 is 1.89 bits per heavy atom. The number of fused-ring (bicyclic) bond motifs is 1. The molecule has 3 atom stereocenters. The normalized spacial score (nSPS) is 18.0. The molecule has 144 valence electrons. The molecular weight excluding hydrogens is 354 g/mol. The first-order valence-corrected chi connectivity index (χ1v) is 8.86. The fourth-order valence-electron chi connectivity index (χ4n) is 3.60. The van der Waals surface area contributed by atoms with Gasteiger partial charge < -0.3 is 20.8 Å². The summed E-state index contributed by atoms with van der Waals surface area (Å²) in [6.45, 7) is 0.155. The van der Waals surface area contributed by atoms with E-state index in [9.17, 15) is 18.7 Å². The van der Waals surface area contributed by atoms with Crippen molar-refractivity contribution in [3.8, 4) is 0 Å². The molecule has 0 aliphatic heterocycles. The number of rotatable bonds is 7. The van der Waals surface area contributed by atoms with Gasteiger partial charge in [-0.15, -0.1) is 0 Å². The number of carboxylic acid groups (broad SMARTS) is 1. The van der Waals surface area contributed by atoms with Gasteiger partial charge in [0.1, 0.15) is 11.6 Å². The number of halogens is 2. The predicted octanol–water partition coefficient (Wildman–Crippen LogP) is 2.78. The van der Waals surface area contributed by atoms with Crippen LogP contribution in [0.25, 0.3) is 0 Å². The number of benzene rings is 2. The van der Waals surface area contributed by atoms with E-state index in [0.29, 0.717) is 0 Å². The molecule has 2 aromatic carbocycles. The average molecular weight is 376 g/mol. The number of aliphatic hydroxyl groups excluding tert-OH is 1. The summed E-state index contributed by atoms with van der Waals surface area (Å²) in [5.74, 6) is -1.48. The van der Waals surface area contributed by atoms with Crippen molar-refractivity contribution in [1.82, 2.24) is 10.6 Å². The van der Waals surface area contributed by atoms with Crippen LogP contribution in [0.1, 0.15) is 29.2 Å². The summed E-state index contributed by atoms with van der Waals surface area (Å²) in [4.78, 5) is 11.1. The molecule has 1 aliphatic carbocycles. The molecule has 1 aliphatic rings. The highest BCUT2D eigenvalue weighted by molar-refractivity contribution is 5.65. The molecule has 0 saturated heterocycles. The van der Waals surface area contributed by atoms with Gasteiger partial charge in [0, 0.05) is 18.7 Å². The topological polar surface area (TPSA) is 81.6 Å². The standard InChI is InChI=1S/C20H22F2N2O3/c21-14-7-12(8-15(22)10-14)9-18(24-20(26)27)19(25)11-23-17-6-5-13-3-1-2-4-16(13)17/h1-4,7-8,10,17-19,23-25H,5-6,9,11H2,(H,26,27)/t17-,18+,19+/m1/s1. The van der Waals surface area contributed by atoms with Crippen LogP contribution in [0, 0.1) is 11.6 Å². The average Bonchev–Trinajstić information content (AvgIpc) is 3.01. The first kappa shape index (κ1) is 19.3. The van der Waals surface area contributed by atoms with E-state index in [2.05, 4.69) is 16.7 Å². The van der Waals surface area contributed by atoms with Gasteiger partial charge in [0.2, 0.25) is 0 Å². The van der Waals surface area contributed by atoms with E-state index in [4.69, 9.17) is 5.11 Å². The van der Waals surface area contributed by atoms with Crippen LogP contribution >= 0.6 is 0 Å². The van der Waals surface area contributed by atoms with Crippen LogP contribution in [0.15, 0.2) is 42.5 Å². The van der Waals surface area contributed by atoms with E-state index in [1.54, 1.807) is 0 Å². The summed E-state index contributed by atoms with van der Waals surface area (Å²) in [7, 11) is 0. The molecule has 4 N–H and O–H groups in total. The zero-order chi connectivity index (χ0) is 19.4. The fraction of sp³-hybridized carbons (Fsp3) is 0.350. The van der Waals surface area contributed by atoms with E-state index in [1.807, 2.05) is 18.2 Å². The zero-order valence-corrected chi connectivity index (χ0v) is 14.7. The molecular formula is C20H22F2N2O3. The minimum Gasteiger partial charge on any atom is -0.465 e. The summed E-state index contributed by atoms with van der Waals surface area (Å²) < 4.78 is 26.8. The Bertz CT molecular complexity index is 795. The number of hydrogen-bond acceptors (Lipinski definition) is 3. The van der Waals surface area contributed by atoms with Crippen molar-refractivity contribution in [2.45, 2.75) is 37.5 Å². The van der Waals surface area contributed by atoms with Gasteiger partial charge in [0.25, 0.3) is 0 Å². The molecule has 0 spiro atoms. The summed E-state index contributed by atoms with van der Waals surface area (Å²) >= 11 is 0. The van der Waals surface area contributed by atoms with E-state index >= 15 is 0 Å². The number of nitrogens with one attached hydrogen (secondary N) is 2. The minimum atomic E-state index is -1.30. The lowest BCUT2D eigenvalue weighted by molar-refractivity contribution is 0.115. The molecule has 2 aromatic rings. The Kier molecular flexibility index (Phi) is 6.03. The predicted molar refractivity (Wildman–Crippen MR) is 96.5 cm³/mol. The molecule has 0 bridgehead atoms. The van der Waals surface area contributed by atoms with Crippen LogP contribution in [0.4, 0.5) is 13.6 Å². The Hall–Kier alpha value is -2.51. The van der Waals surface area contributed by atoms with Crippen LogP contribution in [-0.2, 0) is 12.8 Å². The minimum absolute atomic E-state index is 0.0227. The Balaban J connectivity index is 1.65. The van der Waals surface area contributed by atoms with E-state index in [0.717, 1.165) is 31.0 Å². The second kappa shape index (κ2) is 8.45. The number of aryl methyl sites for hydroxylation is 1. The van der Waals surface area contributed by atoms with Crippen molar-refractivity contribution in [1.29, 1.82) is 0 Å². The molecule has 0 heterocycles. The lowest BCUT2D eigenvalue weighted by atomic mass is 10.0. The van der Waals surface area contributed by atoms with E-state index in [1.165, 1.54) is 11.1 Å². The molecule has 0 aromatic heterocycles. The molecule has 7 heteroatoms. The van der Waals surface area contributed by atoms with Crippen molar-refractivity contribution in [2.24, 2.45) is 0 Å². The molecule has 0 fully saturated rings. The highest BCUT2D eigenvalue weighted by atomic mass is 19.1. The second-order valence-corrected chi connectivity index (χ2v) is 6.80. The lowest BCUT2D eigenvalue weighted by Crippen LogP contribution is -2.48. The van der Waals surface area contributed by atoms with Crippen LogP contribution in [-0.4, -0.2) is 35.0 Å². The summed E-state index contributed by atoms with van der Waals surface area (Å²) in [6.07, 6.45) is -0.533.